The summed E-state index contributed by atoms with van der Waals surface area (Å²) in [5, 5.41) is 7.30. The Kier molecular flexibility index (Phi) is 5.10. The highest BCUT2D eigenvalue weighted by Gasteiger charge is 2.19. The Morgan fingerprint density at radius 2 is 1.64 bits per heavy atom. The fraction of sp³-hybridized carbons (Fsp3) is 0.120. The molecule has 0 saturated carbocycles. The van der Waals surface area contributed by atoms with E-state index < -0.39 is 5.69 Å². The van der Waals surface area contributed by atoms with Gasteiger partial charge in [0.05, 0.1) is 11.0 Å². The van der Waals surface area contributed by atoms with Crippen LogP contribution in [0.1, 0.15) is 11.1 Å². The van der Waals surface area contributed by atoms with Crippen molar-refractivity contribution in [1.82, 2.24) is 19.2 Å². The van der Waals surface area contributed by atoms with Crippen molar-refractivity contribution < 1.29 is 9.53 Å². The molecule has 8 heteroatoms. The minimum absolute atomic E-state index is 0.186. The Hall–Kier alpha value is -4.46. The van der Waals surface area contributed by atoms with Gasteiger partial charge in [-0.2, -0.15) is 0 Å². The fourth-order valence-electron chi connectivity index (χ4n) is 3.77. The minimum atomic E-state index is -0.446. The van der Waals surface area contributed by atoms with Crippen LogP contribution in [0.5, 0.6) is 11.6 Å². The molecule has 0 aliphatic heterocycles. The molecule has 164 valence electrons. The standard InChI is InChI=1S/C25H21N5O3/c1-16-9-8-10-17(2)22(16)27-21(31)15-29-25(32)30-20-14-7-6-13-19(20)26-24(23(30)28-29)33-18-11-4-3-5-12-18/h3-14H,15H2,1-2H3,(H,27,31). The molecule has 5 aromatic rings. The van der Waals surface area contributed by atoms with Crippen molar-refractivity contribution in [3.8, 4) is 11.6 Å². The molecule has 0 fully saturated rings. The smallest absolute Gasteiger partial charge is 0.351 e. The van der Waals surface area contributed by atoms with E-state index >= 15 is 0 Å². The summed E-state index contributed by atoms with van der Waals surface area (Å²) >= 11 is 0. The number of carbonyl (C=O) groups is 1. The lowest BCUT2D eigenvalue weighted by Gasteiger charge is -2.10. The highest BCUT2D eigenvalue weighted by atomic mass is 16.5. The normalized spacial score (nSPS) is 11.1. The Labute approximate surface area is 189 Å². The molecular formula is C25H21N5O3. The van der Waals surface area contributed by atoms with Gasteiger partial charge in [-0.05, 0) is 49.2 Å². The van der Waals surface area contributed by atoms with Gasteiger partial charge in [-0.25, -0.2) is 18.9 Å². The summed E-state index contributed by atoms with van der Waals surface area (Å²) in [6.45, 7) is 3.60. The van der Waals surface area contributed by atoms with E-state index in [1.54, 1.807) is 24.3 Å². The first kappa shape index (κ1) is 20.4. The lowest BCUT2D eigenvalue weighted by Crippen LogP contribution is -2.28. The van der Waals surface area contributed by atoms with Gasteiger partial charge in [0, 0.05) is 5.69 Å². The molecule has 5 rings (SSSR count). The largest absolute Gasteiger partial charge is 0.436 e. The minimum Gasteiger partial charge on any atom is -0.436 e. The summed E-state index contributed by atoms with van der Waals surface area (Å²) in [5.41, 5.74) is 3.58. The number of amides is 1. The zero-order chi connectivity index (χ0) is 22.9. The number of fused-ring (bicyclic) bond motifs is 3. The summed E-state index contributed by atoms with van der Waals surface area (Å²) in [6.07, 6.45) is 0. The highest BCUT2D eigenvalue weighted by molar-refractivity contribution is 5.92. The van der Waals surface area contributed by atoms with Crippen molar-refractivity contribution in [3.63, 3.8) is 0 Å². The van der Waals surface area contributed by atoms with Crippen LogP contribution in [0.25, 0.3) is 16.7 Å². The third-order valence-corrected chi connectivity index (χ3v) is 5.37. The lowest BCUT2D eigenvalue weighted by atomic mass is 10.1. The second-order valence-corrected chi connectivity index (χ2v) is 7.74. The third kappa shape index (κ3) is 3.82. The average Bonchev–Trinajstić information content (AvgIpc) is 3.14. The molecule has 0 saturated heterocycles. The quantitative estimate of drug-likeness (QED) is 0.445. The van der Waals surface area contributed by atoms with Crippen molar-refractivity contribution in [2.45, 2.75) is 20.4 Å². The summed E-state index contributed by atoms with van der Waals surface area (Å²) in [7, 11) is 0. The highest BCUT2D eigenvalue weighted by Crippen LogP contribution is 2.26. The van der Waals surface area contributed by atoms with Crippen molar-refractivity contribution in [1.29, 1.82) is 0 Å². The van der Waals surface area contributed by atoms with E-state index in [0.29, 0.717) is 16.8 Å². The summed E-state index contributed by atoms with van der Waals surface area (Å²) in [4.78, 5) is 30.6. The summed E-state index contributed by atoms with van der Waals surface area (Å²) in [6, 6.07) is 22.2. The number of ether oxygens (including phenoxy) is 1. The molecule has 0 radical (unpaired) electrons. The molecule has 0 spiro atoms. The number of hydrogen-bond donors (Lipinski definition) is 1. The van der Waals surface area contributed by atoms with Crippen LogP contribution in [-0.4, -0.2) is 25.1 Å². The van der Waals surface area contributed by atoms with Gasteiger partial charge in [-0.1, -0.05) is 48.5 Å². The fourth-order valence-corrected chi connectivity index (χ4v) is 3.77. The Balaban J connectivity index is 1.57. The maximum Gasteiger partial charge on any atom is 0.351 e. The van der Waals surface area contributed by atoms with Crippen molar-refractivity contribution in [2.24, 2.45) is 0 Å². The number of anilines is 1. The van der Waals surface area contributed by atoms with Gasteiger partial charge < -0.3 is 10.1 Å². The molecule has 0 aliphatic carbocycles. The number of nitrogens with one attached hydrogen (secondary N) is 1. The van der Waals surface area contributed by atoms with Crippen LogP contribution in [0.4, 0.5) is 5.69 Å². The number of para-hydroxylation sites is 4. The molecule has 3 aromatic carbocycles. The molecular weight excluding hydrogens is 418 g/mol. The first-order valence-electron chi connectivity index (χ1n) is 10.5. The van der Waals surface area contributed by atoms with Gasteiger partial charge in [0.2, 0.25) is 11.6 Å². The van der Waals surface area contributed by atoms with Gasteiger partial charge in [-0.15, -0.1) is 5.10 Å². The maximum absolute atomic E-state index is 13.3. The Morgan fingerprint density at radius 3 is 2.39 bits per heavy atom. The van der Waals surface area contributed by atoms with Crippen LogP contribution < -0.4 is 15.7 Å². The van der Waals surface area contributed by atoms with Gasteiger partial charge in [0.25, 0.3) is 5.88 Å². The van der Waals surface area contributed by atoms with Crippen molar-refractivity contribution in [2.75, 3.05) is 5.32 Å². The molecule has 0 atom stereocenters. The van der Waals surface area contributed by atoms with E-state index in [4.69, 9.17) is 4.74 Å². The monoisotopic (exact) mass is 439 g/mol. The van der Waals surface area contributed by atoms with Crippen LogP contribution in [0.15, 0.2) is 77.6 Å². The summed E-state index contributed by atoms with van der Waals surface area (Å²) in [5.74, 6) is 0.406. The second kappa shape index (κ2) is 8.23. The predicted octanol–water partition coefficient (Wildman–Crippen LogP) is 4.09. The molecule has 0 bridgehead atoms. The first-order valence-corrected chi connectivity index (χ1v) is 10.5. The van der Waals surface area contributed by atoms with Gasteiger partial charge in [0.15, 0.2) is 0 Å². The molecule has 33 heavy (non-hydrogen) atoms. The van der Waals surface area contributed by atoms with E-state index in [-0.39, 0.29) is 24.0 Å². The van der Waals surface area contributed by atoms with E-state index in [9.17, 15) is 9.59 Å². The lowest BCUT2D eigenvalue weighted by molar-refractivity contribution is -0.117. The zero-order valence-corrected chi connectivity index (χ0v) is 18.1. The molecule has 0 unspecified atom stereocenters. The predicted molar refractivity (Wildman–Crippen MR) is 126 cm³/mol. The van der Waals surface area contributed by atoms with E-state index in [1.807, 2.05) is 62.4 Å². The number of aryl methyl sites for hydroxylation is 2. The zero-order valence-electron chi connectivity index (χ0n) is 18.1. The van der Waals surface area contributed by atoms with Crippen molar-refractivity contribution >= 4 is 28.3 Å². The number of benzene rings is 3. The molecule has 1 amide bonds. The molecule has 0 aliphatic rings. The third-order valence-electron chi connectivity index (χ3n) is 5.37. The van der Waals surface area contributed by atoms with E-state index in [1.165, 1.54) is 4.40 Å². The van der Waals surface area contributed by atoms with Crippen molar-refractivity contribution in [3.05, 3.63) is 94.4 Å². The Morgan fingerprint density at radius 1 is 0.939 bits per heavy atom. The van der Waals surface area contributed by atoms with Crippen LogP contribution in [-0.2, 0) is 11.3 Å². The Bertz CT molecular complexity index is 1530. The second-order valence-electron chi connectivity index (χ2n) is 7.74. The number of rotatable bonds is 5. The van der Waals surface area contributed by atoms with Gasteiger partial charge in [-0.3, -0.25) is 4.79 Å². The van der Waals surface area contributed by atoms with E-state index in [2.05, 4.69) is 15.4 Å². The van der Waals surface area contributed by atoms with Crippen LogP contribution in [0.2, 0.25) is 0 Å². The number of carbonyl (C=O) groups excluding carboxylic acids is 1. The van der Waals surface area contributed by atoms with Crippen LogP contribution >= 0.6 is 0 Å². The SMILES string of the molecule is Cc1cccc(C)c1NC(=O)Cn1nc2c(Oc3ccccc3)nc3ccccc3n2c1=O. The number of nitrogens with zero attached hydrogens (tertiary/aromatic N) is 4. The van der Waals surface area contributed by atoms with Gasteiger partial charge in [0.1, 0.15) is 12.3 Å². The average molecular weight is 439 g/mol. The molecule has 2 heterocycles. The van der Waals surface area contributed by atoms with Crippen LogP contribution in [0.3, 0.4) is 0 Å². The van der Waals surface area contributed by atoms with Crippen LogP contribution in [0, 0.1) is 13.8 Å². The first-order chi connectivity index (χ1) is 16.0. The molecule has 1 N–H and O–H groups in total. The maximum atomic E-state index is 13.3. The topological polar surface area (TPSA) is 90.5 Å². The molecule has 2 aromatic heterocycles. The summed E-state index contributed by atoms with van der Waals surface area (Å²) < 4.78 is 8.51. The molecule has 8 nitrogen and oxygen atoms in total. The van der Waals surface area contributed by atoms with Gasteiger partial charge >= 0.3 is 5.69 Å². The number of hydrogen-bond acceptors (Lipinski definition) is 5. The van der Waals surface area contributed by atoms with E-state index in [0.717, 1.165) is 21.5 Å². The number of aromatic nitrogens is 4.